The summed E-state index contributed by atoms with van der Waals surface area (Å²) in [7, 11) is 0. The number of esters is 1. The predicted octanol–water partition coefficient (Wildman–Crippen LogP) is 3.15. The molecule has 106 valence electrons. The first-order chi connectivity index (χ1) is 8.22. The standard InChI is InChI=1S/C15H28O3/c1-6-18-13(16)12(11(2)3)15(17)9-7-8-14(4,5)10-15/h11-12,17H,6-10H2,1-5H3. The fraction of sp³-hybridized carbons (Fsp3) is 0.933. The summed E-state index contributed by atoms with van der Waals surface area (Å²) >= 11 is 0. The Kier molecular flexibility index (Phi) is 4.82. The van der Waals surface area contributed by atoms with Gasteiger partial charge in [-0.25, -0.2) is 0 Å². The molecule has 0 aromatic rings. The highest BCUT2D eigenvalue weighted by molar-refractivity contribution is 5.74. The summed E-state index contributed by atoms with van der Waals surface area (Å²) < 4.78 is 5.15. The average Bonchev–Trinajstić information content (AvgIpc) is 2.13. The molecule has 0 bridgehead atoms. The zero-order valence-electron chi connectivity index (χ0n) is 12.5. The predicted molar refractivity (Wildman–Crippen MR) is 72.2 cm³/mol. The van der Waals surface area contributed by atoms with Crippen molar-refractivity contribution in [3.63, 3.8) is 0 Å². The summed E-state index contributed by atoms with van der Waals surface area (Å²) in [6.07, 6.45) is 3.48. The van der Waals surface area contributed by atoms with Gasteiger partial charge in [-0.2, -0.15) is 0 Å². The van der Waals surface area contributed by atoms with Crippen LogP contribution in [-0.4, -0.2) is 23.3 Å². The van der Waals surface area contributed by atoms with Crippen LogP contribution in [0.1, 0.15) is 60.3 Å². The molecule has 1 saturated carbocycles. The van der Waals surface area contributed by atoms with Crippen LogP contribution in [0.3, 0.4) is 0 Å². The van der Waals surface area contributed by atoms with Crippen LogP contribution in [0.15, 0.2) is 0 Å². The number of aliphatic hydroxyl groups is 1. The summed E-state index contributed by atoms with van der Waals surface area (Å²) in [6, 6.07) is 0. The monoisotopic (exact) mass is 256 g/mol. The van der Waals surface area contributed by atoms with Gasteiger partial charge in [-0.05, 0) is 37.5 Å². The minimum atomic E-state index is -0.901. The van der Waals surface area contributed by atoms with Gasteiger partial charge in [0.25, 0.3) is 0 Å². The van der Waals surface area contributed by atoms with Crippen LogP contribution in [-0.2, 0) is 9.53 Å². The van der Waals surface area contributed by atoms with E-state index >= 15 is 0 Å². The molecular weight excluding hydrogens is 228 g/mol. The lowest BCUT2D eigenvalue weighted by molar-refractivity contribution is -0.169. The van der Waals surface area contributed by atoms with E-state index in [1.165, 1.54) is 0 Å². The summed E-state index contributed by atoms with van der Waals surface area (Å²) in [5.74, 6) is -0.548. The average molecular weight is 256 g/mol. The van der Waals surface area contributed by atoms with Gasteiger partial charge in [0.05, 0.1) is 18.1 Å². The van der Waals surface area contributed by atoms with Crippen molar-refractivity contribution >= 4 is 5.97 Å². The maximum Gasteiger partial charge on any atom is 0.312 e. The van der Waals surface area contributed by atoms with Crippen LogP contribution in [0.4, 0.5) is 0 Å². The van der Waals surface area contributed by atoms with Crippen molar-refractivity contribution < 1.29 is 14.6 Å². The van der Waals surface area contributed by atoms with E-state index in [9.17, 15) is 9.90 Å². The third-order valence-corrected chi connectivity index (χ3v) is 4.03. The molecule has 3 heteroatoms. The van der Waals surface area contributed by atoms with Crippen molar-refractivity contribution in [1.29, 1.82) is 0 Å². The van der Waals surface area contributed by atoms with E-state index in [-0.39, 0.29) is 17.3 Å². The summed E-state index contributed by atoms with van der Waals surface area (Å²) in [5, 5.41) is 10.9. The van der Waals surface area contributed by atoms with E-state index in [1.807, 2.05) is 20.8 Å². The Balaban J connectivity index is 2.93. The molecule has 1 N–H and O–H groups in total. The Bertz CT molecular complexity index is 296. The van der Waals surface area contributed by atoms with E-state index in [4.69, 9.17) is 4.74 Å². The lowest BCUT2D eigenvalue weighted by Crippen LogP contribution is -2.50. The molecule has 0 spiro atoms. The van der Waals surface area contributed by atoms with Crippen molar-refractivity contribution in [1.82, 2.24) is 0 Å². The lowest BCUT2D eigenvalue weighted by atomic mass is 9.63. The van der Waals surface area contributed by atoms with Crippen LogP contribution in [0.2, 0.25) is 0 Å². The van der Waals surface area contributed by atoms with Gasteiger partial charge in [-0.3, -0.25) is 4.79 Å². The maximum atomic E-state index is 12.1. The van der Waals surface area contributed by atoms with E-state index < -0.39 is 11.5 Å². The Hall–Kier alpha value is -0.570. The maximum absolute atomic E-state index is 12.1. The molecule has 0 radical (unpaired) electrons. The van der Waals surface area contributed by atoms with E-state index in [0.29, 0.717) is 19.4 Å². The van der Waals surface area contributed by atoms with Gasteiger partial charge >= 0.3 is 5.97 Å². The molecule has 0 heterocycles. The third kappa shape index (κ3) is 3.47. The van der Waals surface area contributed by atoms with Crippen LogP contribution >= 0.6 is 0 Å². The first kappa shape index (κ1) is 15.5. The smallest absolute Gasteiger partial charge is 0.312 e. The molecule has 1 rings (SSSR count). The van der Waals surface area contributed by atoms with Crippen LogP contribution in [0.25, 0.3) is 0 Å². The largest absolute Gasteiger partial charge is 0.466 e. The van der Waals surface area contributed by atoms with Gasteiger partial charge in [-0.1, -0.05) is 34.1 Å². The van der Waals surface area contributed by atoms with Crippen molar-refractivity contribution in [2.24, 2.45) is 17.3 Å². The first-order valence-corrected chi connectivity index (χ1v) is 7.11. The Morgan fingerprint density at radius 2 is 1.94 bits per heavy atom. The van der Waals surface area contributed by atoms with Gasteiger partial charge in [0.2, 0.25) is 0 Å². The van der Waals surface area contributed by atoms with E-state index in [1.54, 1.807) is 0 Å². The summed E-state index contributed by atoms with van der Waals surface area (Å²) in [4.78, 5) is 12.1. The highest BCUT2D eigenvalue weighted by Crippen LogP contribution is 2.46. The number of hydrogen-bond acceptors (Lipinski definition) is 3. The third-order valence-electron chi connectivity index (χ3n) is 4.03. The zero-order valence-corrected chi connectivity index (χ0v) is 12.5. The fourth-order valence-corrected chi connectivity index (χ4v) is 3.49. The molecule has 0 saturated heterocycles. The molecule has 2 unspecified atom stereocenters. The van der Waals surface area contributed by atoms with Gasteiger partial charge in [-0.15, -0.1) is 0 Å². The normalized spacial score (nSPS) is 29.1. The highest BCUT2D eigenvalue weighted by Gasteiger charge is 2.48. The molecular formula is C15H28O3. The Labute approximate surface area is 111 Å². The molecule has 0 aromatic carbocycles. The fourth-order valence-electron chi connectivity index (χ4n) is 3.49. The van der Waals surface area contributed by atoms with Gasteiger partial charge in [0, 0.05) is 0 Å². The van der Waals surface area contributed by atoms with Crippen molar-refractivity contribution in [2.75, 3.05) is 6.61 Å². The molecule has 0 aromatic heterocycles. The first-order valence-electron chi connectivity index (χ1n) is 7.11. The van der Waals surface area contributed by atoms with Crippen molar-refractivity contribution in [3.8, 4) is 0 Å². The van der Waals surface area contributed by atoms with Crippen molar-refractivity contribution in [2.45, 2.75) is 65.9 Å². The number of carbonyl (C=O) groups is 1. The zero-order chi connectivity index (χ0) is 14.0. The van der Waals surface area contributed by atoms with Crippen LogP contribution < -0.4 is 0 Å². The topological polar surface area (TPSA) is 46.5 Å². The van der Waals surface area contributed by atoms with Gasteiger partial charge < -0.3 is 9.84 Å². The van der Waals surface area contributed by atoms with Crippen LogP contribution in [0.5, 0.6) is 0 Å². The second-order valence-corrected chi connectivity index (χ2v) is 6.77. The van der Waals surface area contributed by atoms with Crippen LogP contribution in [0, 0.1) is 17.3 Å². The molecule has 2 atom stereocenters. The lowest BCUT2D eigenvalue weighted by Gasteiger charge is -2.46. The van der Waals surface area contributed by atoms with Gasteiger partial charge in [0.15, 0.2) is 0 Å². The molecule has 1 aliphatic rings. The quantitative estimate of drug-likeness (QED) is 0.786. The number of carbonyl (C=O) groups excluding carboxylic acids is 1. The Morgan fingerprint density at radius 3 is 2.39 bits per heavy atom. The van der Waals surface area contributed by atoms with Crippen molar-refractivity contribution in [3.05, 3.63) is 0 Å². The highest BCUT2D eigenvalue weighted by atomic mass is 16.5. The summed E-state index contributed by atoms with van der Waals surface area (Å²) in [5.41, 5.74) is -0.797. The molecule has 0 aliphatic heterocycles. The number of rotatable bonds is 4. The molecule has 1 fully saturated rings. The minimum absolute atomic E-state index is 0.1000. The summed E-state index contributed by atoms with van der Waals surface area (Å²) in [6.45, 7) is 10.5. The van der Waals surface area contributed by atoms with E-state index in [2.05, 4.69) is 13.8 Å². The molecule has 18 heavy (non-hydrogen) atoms. The number of ether oxygens (including phenoxy) is 1. The second kappa shape index (κ2) is 5.60. The molecule has 1 aliphatic carbocycles. The van der Waals surface area contributed by atoms with Gasteiger partial charge in [0.1, 0.15) is 0 Å². The molecule has 3 nitrogen and oxygen atoms in total. The SMILES string of the molecule is CCOC(=O)C(C(C)C)C1(O)CCCC(C)(C)C1. The van der Waals surface area contributed by atoms with E-state index in [0.717, 1.165) is 12.8 Å². The Morgan fingerprint density at radius 1 is 1.33 bits per heavy atom. The second-order valence-electron chi connectivity index (χ2n) is 6.77. The number of hydrogen-bond donors (Lipinski definition) is 1. The molecule has 0 amide bonds. The minimum Gasteiger partial charge on any atom is -0.466 e.